The molecule has 2 aromatic heterocycles. The zero-order chi connectivity index (χ0) is 19.2. The number of halogens is 1. The molecule has 0 atom stereocenters. The first-order valence-corrected chi connectivity index (χ1v) is 9.22. The molecule has 3 aromatic rings. The maximum absolute atomic E-state index is 13.6. The molecule has 1 N–H and O–H groups in total. The number of ether oxygens (including phenoxy) is 1. The fourth-order valence-corrected chi connectivity index (χ4v) is 3.24. The molecule has 0 aliphatic rings. The van der Waals surface area contributed by atoms with Gasteiger partial charge in [0.2, 0.25) is 5.91 Å². The highest BCUT2D eigenvalue weighted by molar-refractivity contribution is 7.99. The summed E-state index contributed by atoms with van der Waals surface area (Å²) in [7, 11) is 1.61. The van der Waals surface area contributed by atoms with Crippen molar-refractivity contribution in [2.24, 2.45) is 0 Å². The summed E-state index contributed by atoms with van der Waals surface area (Å²) in [6.07, 6.45) is 1.59. The number of amides is 1. The fourth-order valence-electron chi connectivity index (χ4n) is 2.47. The number of aryl methyl sites for hydroxylation is 1. The van der Waals surface area contributed by atoms with Crippen LogP contribution in [0.5, 0.6) is 0 Å². The molecular formula is C18H19FN4O3S. The smallest absolute Gasteiger partial charge is 0.234 e. The van der Waals surface area contributed by atoms with Crippen LogP contribution < -0.4 is 5.32 Å². The van der Waals surface area contributed by atoms with Crippen LogP contribution >= 0.6 is 11.8 Å². The van der Waals surface area contributed by atoms with Gasteiger partial charge in [0.1, 0.15) is 11.6 Å². The highest BCUT2D eigenvalue weighted by Crippen LogP contribution is 2.27. The first-order chi connectivity index (χ1) is 13.1. The normalized spacial score (nSPS) is 10.9. The number of anilines is 1. The van der Waals surface area contributed by atoms with Gasteiger partial charge in [-0.3, -0.25) is 9.36 Å². The molecule has 1 aromatic carbocycles. The highest BCUT2D eigenvalue weighted by Gasteiger charge is 2.18. The van der Waals surface area contributed by atoms with Gasteiger partial charge in [0.15, 0.2) is 11.0 Å². The Hall–Kier alpha value is -2.65. The molecular weight excluding hydrogens is 371 g/mol. The van der Waals surface area contributed by atoms with Gasteiger partial charge in [0, 0.05) is 7.11 Å². The van der Waals surface area contributed by atoms with Crippen LogP contribution in [0.2, 0.25) is 0 Å². The standard InChI is InChI=1S/C18H19FN4O3S/c1-12-13(7-9-26-12)17-21-22-18(23(17)8-10-25-2)27-11-16(24)20-15-6-4-3-5-14(15)19/h3-7,9H,8,10-11H2,1-2H3,(H,20,24). The van der Waals surface area contributed by atoms with Gasteiger partial charge < -0.3 is 14.5 Å². The minimum absolute atomic E-state index is 0.0732. The summed E-state index contributed by atoms with van der Waals surface area (Å²) in [5.41, 5.74) is 0.986. The molecule has 0 bridgehead atoms. The Balaban J connectivity index is 1.72. The Bertz CT molecular complexity index is 925. The topological polar surface area (TPSA) is 82.2 Å². The second-order valence-corrected chi connectivity index (χ2v) is 6.60. The molecule has 0 saturated carbocycles. The third-order valence-electron chi connectivity index (χ3n) is 3.82. The molecule has 0 spiro atoms. The molecule has 142 valence electrons. The van der Waals surface area contributed by atoms with Crippen LogP contribution in [0.25, 0.3) is 11.4 Å². The van der Waals surface area contributed by atoms with E-state index < -0.39 is 5.82 Å². The second kappa shape index (κ2) is 8.83. The van der Waals surface area contributed by atoms with Gasteiger partial charge in [-0.25, -0.2) is 4.39 Å². The van der Waals surface area contributed by atoms with E-state index in [-0.39, 0.29) is 17.3 Å². The quantitative estimate of drug-likeness (QED) is 0.594. The van der Waals surface area contributed by atoms with Crippen LogP contribution in [-0.2, 0) is 16.1 Å². The number of methoxy groups -OCH3 is 1. The summed E-state index contributed by atoms with van der Waals surface area (Å²) >= 11 is 1.22. The average Bonchev–Trinajstić information content (AvgIpc) is 3.25. The number of nitrogens with one attached hydrogen (secondary N) is 1. The van der Waals surface area contributed by atoms with Gasteiger partial charge in [0.25, 0.3) is 0 Å². The van der Waals surface area contributed by atoms with E-state index in [9.17, 15) is 9.18 Å². The Morgan fingerprint density at radius 1 is 1.33 bits per heavy atom. The third-order valence-corrected chi connectivity index (χ3v) is 4.78. The van der Waals surface area contributed by atoms with Crippen molar-refractivity contribution >= 4 is 23.4 Å². The van der Waals surface area contributed by atoms with Crippen molar-refractivity contribution < 1.29 is 18.3 Å². The molecule has 0 radical (unpaired) electrons. The maximum Gasteiger partial charge on any atom is 0.234 e. The van der Waals surface area contributed by atoms with E-state index in [0.29, 0.717) is 24.1 Å². The van der Waals surface area contributed by atoms with Crippen LogP contribution in [-0.4, -0.2) is 40.1 Å². The summed E-state index contributed by atoms with van der Waals surface area (Å²) in [5.74, 6) is 0.651. The largest absolute Gasteiger partial charge is 0.469 e. The maximum atomic E-state index is 13.6. The van der Waals surface area contributed by atoms with Gasteiger partial charge >= 0.3 is 0 Å². The minimum atomic E-state index is -0.475. The van der Waals surface area contributed by atoms with Crippen LogP contribution in [0.3, 0.4) is 0 Å². The number of para-hydroxylation sites is 1. The van der Waals surface area contributed by atoms with Gasteiger partial charge in [-0.05, 0) is 25.1 Å². The third kappa shape index (κ3) is 4.55. The number of nitrogens with zero attached hydrogens (tertiary/aromatic N) is 3. The van der Waals surface area contributed by atoms with Crippen molar-refractivity contribution in [2.45, 2.75) is 18.6 Å². The summed E-state index contributed by atoms with van der Waals surface area (Å²) in [4.78, 5) is 12.2. The lowest BCUT2D eigenvalue weighted by atomic mass is 10.2. The highest BCUT2D eigenvalue weighted by atomic mass is 32.2. The van der Waals surface area contributed by atoms with E-state index in [1.54, 1.807) is 25.5 Å². The Morgan fingerprint density at radius 2 is 2.15 bits per heavy atom. The van der Waals surface area contributed by atoms with E-state index >= 15 is 0 Å². The van der Waals surface area contributed by atoms with Crippen molar-refractivity contribution in [3.05, 3.63) is 48.2 Å². The van der Waals surface area contributed by atoms with Crippen molar-refractivity contribution in [3.8, 4) is 11.4 Å². The van der Waals surface area contributed by atoms with Gasteiger partial charge in [0.05, 0.1) is 36.4 Å². The molecule has 1 amide bonds. The second-order valence-electron chi connectivity index (χ2n) is 5.66. The number of hydrogen-bond acceptors (Lipinski definition) is 6. The lowest BCUT2D eigenvalue weighted by molar-refractivity contribution is -0.113. The molecule has 2 heterocycles. The lowest BCUT2D eigenvalue weighted by Crippen LogP contribution is -2.16. The molecule has 3 rings (SSSR count). The van der Waals surface area contributed by atoms with Crippen LogP contribution in [0.15, 0.2) is 46.2 Å². The van der Waals surface area contributed by atoms with Crippen molar-refractivity contribution in [1.82, 2.24) is 14.8 Å². The van der Waals surface area contributed by atoms with Crippen LogP contribution in [0.4, 0.5) is 10.1 Å². The molecule has 27 heavy (non-hydrogen) atoms. The monoisotopic (exact) mass is 390 g/mol. The molecule has 0 unspecified atom stereocenters. The van der Waals surface area contributed by atoms with Crippen LogP contribution in [0.1, 0.15) is 5.76 Å². The summed E-state index contributed by atoms with van der Waals surface area (Å²) in [5, 5.41) is 11.6. The van der Waals surface area contributed by atoms with Crippen molar-refractivity contribution in [2.75, 3.05) is 24.8 Å². The van der Waals surface area contributed by atoms with Gasteiger partial charge in [-0.2, -0.15) is 0 Å². The Morgan fingerprint density at radius 3 is 2.85 bits per heavy atom. The van der Waals surface area contributed by atoms with Crippen molar-refractivity contribution in [1.29, 1.82) is 0 Å². The number of rotatable bonds is 8. The zero-order valence-corrected chi connectivity index (χ0v) is 15.8. The number of carbonyl (C=O) groups is 1. The van der Waals surface area contributed by atoms with E-state index in [1.807, 2.05) is 17.6 Å². The zero-order valence-electron chi connectivity index (χ0n) is 14.9. The number of benzene rings is 1. The average molecular weight is 390 g/mol. The minimum Gasteiger partial charge on any atom is -0.469 e. The fraction of sp³-hybridized carbons (Fsp3) is 0.278. The SMILES string of the molecule is COCCn1c(SCC(=O)Nc2ccccc2F)nnc1-c1ccoc1C. The Kier molecular flexibility index (Phi) is 6.25. The number of thioether (sulfide) groups is 1. The predicted octanol–water partition coefficient (Wildman–Crippen LogP) is 3.36. The van der Waals surface area contributed by atoms with Gasteiger partial charge in [-0.15, -0.1) is 10.2 Å². The molecule has 0 fully saturated rings. The summed E-state index contributed by atoms with van der Waals surface area (Å²) < 4.78 is 26.0. The molecule has 7 nitrogen and oxygen atoms in total. The number of carbonyl (C=O) groups excluding carboxylic acids is 1. The Labute approximate surface area is 159 Å². The first-order valence-electron chi connectivity index (χ1n) is 8.24. The van der Waals surface area contributed by atoms with E-state index in [1.165, 1.54) is 23.9 Å². The number of aromatic nitrogens is 3. The lowest BCUT2D eigenvalue weighted by Gasteiger charge is -2.09. The van der Waals surface area contributed by atoms with E-state index in [2.05, 4.69) is 15.5 Å². The summed E-state index contributed by atoms with van der Waals surface area (Å²) in [6.45, 7) is 2.84. The first kappa shape index (κ1) is 19.1. The van der Waals surface area contributed by atoms with Crippen LogP contribution in [0, 0.1) is 12.7 Å². The van der Waals surface area contributed by atoms with Crippen molar-refractivity contribution in [3.63, 3.8) is 0 Å². The number of furan rings is 1. The number of hydrogen-bond donors (Lipinski definition) is 1. The molecule has 9 heteroatoms. The molecule has 0 aliphatic heterocycles. The predicted molar refractivity (Wildman–Crippen MR) is 100 cm³/mol. The van der Waals surface area contributed by atoms with Gasteiger partial charge in [-0.1, -0.05) is 23.9 Å². The van der Waals surface area contributed by atoms with E-state index in [4.69, 9.17) is 9.15 Å². The molecule has 0 saturated heterocycles. The van der Waals surface area contributed by atoms with E-state index in [0.717, 1.165) is 11.3 Å². The summed E-state index contributed by atoms with van der Waals surface area (Å²) in [6, 6.07) is 7.86. The molecule has 0 aliphatic carbocycles.